The number of nitrogens with zero attached hydrogens (tertiary/aromatic N) is 2. The van der Waals surface area contributed by atoms with Crippen LogP contribution in [0.15, 0.2) is 16.9 Å². The fourth-order valence-electron chi connectivity index (χ4n) is 2.28. The molecule has 0 bridgehead atoms. The molecule has 86 valence electrons. The van der Waals surface area contributed by atoms with Crippen LogP contribution in [0.5, 0.6) is 0 Å². The Hall–Kier alpha value is -1.51. The molecule has 0 saturated carbocycles. The van der Waals surface area contributed by atoms with Crippen LogP contribution in [0.2, 0.25) is 0 Å². The molecule has 2 rings (SSSR count). The SMILES string of the molecule is CCc1cc(CC)c2c(c1)n(C)c(=O)n2C. The van der Waals surface area contributed by atoms with Crippen molar-refractivity contribution in [2.45, 2.75) is 26.7 Å². The van der Waals surface area contributed by atoms with Crippen LogP contribution in [0, 0.1) is 0 Å². The molecular formula is C13H18N2O. The fraction of sp³-hybridized carbons (Fsp3) is 0.462. The third-order valence-electron chi connectivity index (χ3n) is 3.29. The summed E-state index contributed by atoms with van der Waals surface area (Å²) in [6.45, 7) is 4.27. The van der Waals surface area contributed by atoms with Gasteiger partial charge in [-0.2, -0.15) is 0 Å². The second-order valence-corrected chi connectivity index (χ2v) is 4.23. The molecule has 0 unspecified atom stereocenters. The van der Waals surface area contributed by atoms with E-state index in [2.05, 4.69) is 26.0 Å². The van der Waals surface area contributed by atoms with Crippen LogP contribution in [0.25, 0.3) is 11.0 Å². The van der Waals surface area contributed by atoms with Crippen molar-refractivity contribution in [3.05, 3.63) is 33.7 Å². The van der Waals surface area contributed by atoms with Gasteiger partial charge in [-0.3, -0.25) is 9.13 Å². The number of aryl methyl sites for hydroxylation is 4. The van der Waals surface area contributed by atoms with E-state index >= 15 is 0 Å². The van der Waals surface area contributed by atoms with Gasteiger partial charge in [0.25, 0.3) is 0 Å². The molecule has 1 heterocycles. The van der Waals surface area contributed by atoms with E-state index < -0.39 is 0 Å². The maximum Gasteiger partial charge on any atom is 0.328 e. The van der Waals surface area contributed by atoms with Gasteiger partial charge in [-0.25, -0.2) is 4.79 Å². The second-order valence-electron chi connectivity index (χ2n) is 4.23. The Morgan fingerprint density at radius 1 is 1.06 bits per heavy atom. The summed E-state index contributed by atoms with van der Waals surface area (Å²) in [5, 5.41) is 0. The molecule has 16 heavy (non-hydrogen) atoms. The summed E-state index contributed by atoms with van der Waals surface area (Å²) in [7, 11) is 3.68. The van der Waals surface area contributed by atoms with Crippen LogP contribution in [-0.4, -0.2) is 9.13 Å². The summed E-state index contributed by atoms with van der Waals surface area (Å²) >= 11 is 0. The summed E-state index contributed by atoms with van der Waals surface area (Å²) in [4.78, 5) is 11.9. The highest BCUT2D eigenvalue weighted by molar-refractivity contribution is 5.80. The quantitative estimate of drug-likeness (QED) is 0.757. The smallest absolute Gasteiger partial charge is 0.295 e. The first-order valence-corrected chi connectivity index (χ1v) is 5.77. The van der Waals surface area contributed by atoms with Crippen LogP contribution in [0.1, 0.15) is 25.0 Å². The van der Waals surface area contributed by atoms with Gasteiger partial charge < -0.3 is 0 Å². The lowest BCUT2D eigenvalue weighted by molar-refractivity contribution is 0.793. The van der Waals surface area contributed by atoms with Crippen LogP contribution < -0.4 is 5.69 Å². The summed E-state index contributed by atoms with van der Waals surface area (Å²) in [6, 6.07) is 4.33. The van der Waals surface area contributed by atoms with Crippen LogP contribution in [-0.2, 0) is 26.9 Å². The number of benzene rings is 1. The summed E-state index contributed by atoms with van der Waals surface area (Å²) in [5.41, 5.74) is 4.73. The number of imidazole rings is 1. The standard InChI is InChI=1S/C13H18N2O/c1-5-9-7-10(6-2)12-11(8-9)14(3)13(16)15(12)4/h7-8H,5-6H2,1-4H3. The van der Waals surface area contributed by atoms with Crippen molar-refractivity contribution < 1.29 is 0 Å². The van der Waals surface area contributed by atoms with Gasteiger partial charge in [0.05, 0.1) is 11.0 Å². The molecular weight excluding hydrogens is 200 g/mol. The highest BCUT2D eigenvalue weighted by Gasteiger charge is 2.11. The van der Waals surface area contributed by atoms with Crippen molar-refractivity contribution in [2.24, 2.45) is 14.1 Å². The molecule has 0 amide bonds. The Kier molecular flexibility index (Phi) is 2.62. The summed E-state index contributed by atoms with van der Waals surface area (Å²) in [6.07, 6.45) is 1.97. The van der Waals surface area contributed by atoms with Gasteiger partial charge in [-0.15, -0.1) is 0 Å². The topological polar surface area (TPSA) is 26.9 Å². The van der Waals surface area contributed by atoms with Gasteiger partial charge in [-0.05, 0) is 30.0 Å². The highest BCUT2D eigenvalue weighted by atomic mass is 16.1. The molecule has 0 aliphatic carbocycles. The predicted molar refractivity (Wildman–Crippen MR) is 66.9 cm³/mol. The molecule has 0 spiro atoms. The lowest BCUT2D eigenvalue weighted by Gasteiger charge is -2.05. The molecule has 1 aromatic carbocycles. The number of hydrogen-bond donors (Lipinski definition) is 0. The second kappa shape index (κ2) is 3.81. The van der Waals surface area contributed by atoms with Crippen molar-refractivity contribution in [1.29, 1.82) is 0 Å². The van der Waals surface area contributed by atoms with Gasteiger partial charge in [0.1, 0.15) is 0 Å². The van der Waals surface area contributed by atoms with Gasteiger partial charge in [-0.1, -0.05) is 19.9 Å². The maximum absolute atomic E-state index is 11.9. The molecule has 0 radical (unpaired) electrons. The molecule has 0 saturated heterocycles. The van der Waals surface area contributed by atoms with E-state index in [1.54, 1.807) is 9.13 Å². The molecule has 0 N–H and O–H groups in total. The minimum atomic E-state index is 0.0537. The average molecular weight is 218 g/mol. The molecule has 0 atom stereocenters. The van der Waals surface area contributed by atoms with Crippen molar-refractivity contribution in [3.8, 4) is 0 Å². The predicted octanol–water partition coefficient (Wildman–Crippen LogP) is 2.00. The Bertz CT molecular complexity index is 590. The van der Waals surface area contributed by atoms with E-state index in [0.717, 1.165) is 23.9 Å². The van der Waals surface area contributed by atoms with E-state index in [1.165, 1.54) is 11.1 Å². The third kappa shape index (κ3) is 1.39. The number of rotatable bonds is 2. The number of aromatic nitrogens is 2. The first-order chi connectivity index (χ1) is 7.60. The highest BCUT2D eigenvalue weighted by Crippen LogP contribution is 2.20. The molecule has 3 nitrogen and oxygen atoms in total. The number of fused-ring (bicyclic) bond motifs is 1. The minimum absolute atomic E-state index is 0.0537. The lowest BCUT2D eigenvalue weighted by atomic mass is 10.0. The van der Waals surface area contributed by atoms with E-state index in [-0.39, 0.29) is 5.69 Å². The first kappa shape index (κ1) is 11.0. The molecule has 3 heteroatoms. The molecule has 0 aliphatic heterocycles. The number of hydrogen-bond acceptors (Lipinski definition) is 1. The Morgan fingerprint density at radius 2 is 1.75 bits per heavy atom. The van der Waals surface area contributed by atoms with Crippen molar-refractivity contribution in [3.63, 3.8) is 0 Å². The summed E-state index contributed by atoms with van der Waals surface area (Å²) in [5.74, 6) is 0. The van der Waals surface area contributed by atoms with E-state index in [9.17, 15) is 4.79 Å². The zero-order valence-corrected chi connectivity index (χ0v) is 10.4. The van der Waals surface area contributed by atoms with Gasteiger partial charge >= 0.3 is 5.69 Å². The molecule has 0 aliphatic rings. The van der Waals surface area contributed by atoms with E-state index in [4.69, 9.17) is 0 Å². The minimum Gasteiger partial charge on any atom is -0.295 e. The van der Waals surface area contributed by atoms with Gasteiger partial charge in [0, 0.05) is 14.1 Å². The molecule has 0 fully saturated rings. The van der Waals surface area contributed by atoms with Crippen molar-refractivity contribution in [1.82, 2.24) is 9.13 Å². The summed E-state index contributed by atoms with van der Waals surface area (Å²) < 4.78 is 3.47. The zero-order chi connectivity index (χ0) is 11.9. The molecule has 2 aromatic rings. The van der Waals surface area contributed by atoms with Gasteiger partial charge in [0.15, 0.2) is 0 Å². The van der Waals surface area contributed by atoms with E-state index in [0.29, 0.717) is 0 Å². The van der Waals surface area contributed by atoms with E-state index in [1.807, 2.05) is 14.1 Å². The van der Waals surface area contributed by atoms with Crippen molar-refractivity contribution in [2.75, 3.05) is 0 Å². The third-order valence-corrected chi connectivity index (χ3v) is 3.29. The monoisotopic (exact) mass is 218 g/mol. The van der Waals surface area contributed by atoms with Crippen molar-refractivity contribution >= 4 is 11.0 Å². The molecule has 1 aromatic heterocycles. The fourth-order valence-corrected chi connectivity index (χ4v) is 2.28. The largest absolute Gasteiger partial charge is 0.328 e. The Balaban J connectivity index is 2.95. The average Bonchev–Trinajstić information content (AvgIpc) is 2.53. The lowest BCUT2D eigenvalue weighted by Crippen LogP contribution is -2.19. The Labute approximate surface area is 95.3 Å². The van der Waals surface area contributed by atoms with Crippen LogP contribution >= 0.6 is 0 Å². The first-order valence-electron chi connectivity index (χ1n) is 5.77. The Morgan fingerprint density at radius 3 is 2.31 bits per heavy atom. The maximum atomic E-state index is 11.9. The normalized spacial score (nSPS) is 11.2. The zero-order valence-electron chi connectivity index (χ0n) is 10.4. The van der Waals surface area contributed by atoms with Crippen LogP contribution in [0.3, 0.4) is 0 Å². The van der Waals surface area contributed by atoms with Crippen LogP contribution in [0.4, 0.5) is 0 Å². The van der Waals surface area contributed by atoms with Gasteiger partial charge in [0.2, 0.25) is 0 Å².